The van der Waals surface area contributed by atoms with Gasteiger partial charge in [-0.15, -0.1) is 0 Å². The molecule has 3 aliphatic carbocycles. The van der Waals surface area contributed by atoms with Crippen LogP contribution in [-0.2, 0) is 6.42 Å². The summed E-state index contributed by atoms with van der Waals surface area (Å²) in [6, 6.07) is 6.11. The number of fused-ring (bicyclic) bond motifs is 1. The number of hydrogen-bond acceptors (Lipinski definition) is 0. The number of hydrogen-bond donors (Lipinski definition) is 0. The molecule has 3 saturated carbocycles. The highest BCUT2D eigenvalue weighted by atomic mass is 19.1. The minimum absolute atomic E-state index is 0.0198. The summed E-state index contributed by atoms with van der Waals surface area (Å²) in [5.41, 5.74) is 2.14. The summed E-state index contributed by atoms with van der Waals surface area (Å²) in [5, 5.41) is 0. The van der Waals surface area contributed by atoms with Crippen molar-refractivity contribution in [1.82, 2.24) is 0 Å². The molecule has 1 aromatic rings. The third kappa shape index (κ3) is 7.08. The summed E-state index contributed by atoms with van der Waals surface area (Å²) < 4.78 is 14.3. The minimum atomic E-state index is 0.0198. The first-order valence-corrected chi connectivity index (χ1v) is 14.9. The van der Waals surface area contributed by atoms with Crippen LogP contribution < -0.4 is 0 Å². The van der Waals surface area contributed by atoms with Gasteiger partial charge in [-0.25, -0.2) is 4.39 Å². The summed E-state index contributed by atoms with van der Waals surface area (Å²) in [7, 11) is 0. The molecule has 4 atom stereocenters. The lowest BCUT2D eigenvalue weighted by molar-refractivity contribution is 0.108. The van der Waals surface area contributed by atoms with Crippen molar-refractivity contribution < 1.29 is 4.39 Å². The molecule has 33 heavy (non-hydrogen) atoms. The summed E-state index contributed by atoms with van der Waals surface area (Å²) in [4.78, 5) is 0. The summed E-state index contributed by atoms with van der Waals surface area (Å²) in [6.07, 6.45) is 25.5. The second kappa shape index (κ2) is 12.7. The van der Waals surface area contributed by atoms with Crippen molar-refractivity contribution >= 4 is 0 Å². The van der Waals surface area contributed by atoms with E-state index in [9.17, 15) is 4.39 Å². The lowest BCUT2D eigenvalue weighted by atomic mass is 9.63. The molecule has 0 radical (unpaired) electrons. The quantitative estimate of drug-likeness (QED) is 0.308. The average molecular weight is 455 g/mol. The number of halogens is 1. The predicted molar refractivity (Wildman–Crippen MR) is 140 cm³/mol. The van der Waals surface area contributed by atoms with Crippen molar-refractivity contribution in [2.45, 2.75) is 135 Å². The lowest BCUT2D eigenvalue weighted by Gasteiger charge is -2.43. The standard InChI is InChI=1S/C32H51F/c1-3-5-6-7-8-24-9-11-25(12-10-24)13-14-26-15-16-29-22-30(20-19-28(29)21-26)31-18-17-27(4-2)32(33)23-31/h17-18,23-26,28-30H,3-16,19-22H2,1-2H3. The van der Waals surface area contributed by atoms with Gasteiger partial charge in [0.25, 0.3) is 0 Å². The number of rotatable bonds is 10. The monoisotopic (exact) mass is 454 g/mol. The normalized spacial score (nSPS) is 32.5. The van der Waals surface area contributed by atoms with E-state index in [-0.39, 0.29) is 5.82 Å². The van der Waals surface area contributed by atoms with Crippen molar-refractivity contribution in [3.8, 4) is 0 Å². The van der Waals surface area contributed by atoms with Crippen LogP contribution in [0.4, 0.5) is 4.39 Å². The van der Waals surface area contributed by atoms with Gasteiger partial charge in [-0.05, 0) is 91.2 Å². The van der Waals surface area contributed by atoms with E-state index in [1.165, 1.54) is 115 Å². The van der Waals surface area contributed by atoms with Crippen LogP contribution in [0.3, 0.4) is 0 Å². The summed E-state index contributed by atoms with van der Waals surface area (Å²) >= 11 is 0. The number of unbranched alkanes of at least 4 members (excludes halogenated alkanes) is 3. The van der Waals surface area contributed by atoms with Gasteiger partial charge < -0.3 is 0 Å². The van der Waals surface area contributed by atoms with Crippen LogP contribution in [0.15, 0.2) is 18.2 Å². The topological polar surface area (TPSA) is 0 Å². The first-order valence-electron chi connectivity index (χ1n) is 14.9. The molecular formula is C32H51F. The van der Waals surface area contributed by atoms with Crippen LogP contribution in [0.25, 0.3) is 0 Å². The Balaban J connectivity index is 1.15. The Bertz CT molecular complexity index is 700. The Morgan fingerprint density at radius 2 is 1.36 bits per heavy atom. The molecule has 3 aliphatic rings. The molecule has 0 spiro atoms. The molecule has 0 bridgehead atoms. The maximum atomic E-state index is 14.3. The van der Waals surface area contributed by atoms with E-state index < -0.39 is 0 Å². The number of aryl methyl sites for hydroxylation is 1. The van der Waals surface area contributed by atoms with E-state index in [1.807, 2.05) is 19.1 Å². The van der Waals surface area contributed by atoms with E-state index in [0.717, 1.165) is 41.6 Å². The highest BCUT2D eigenvalue weighted by Gasteiger charge is 2.36. The maximum Gasteiger partial charge on any atom is 0.126 e. The molecule has 0 aromatic heterocycles. The van der Waals surface area contributed by atoms with E-state index in [1.54, 1.807) is 0 Å². The smallest absolute Gasteiger partial charge is 0.126 e. The molecule has 0 nitrogen and oxygen atoms in total. The average Bonchev–Trinajstić information content (AvgIpc) is 2.85. The fourth-order valence-electron chi connectivity index (χ4n) is 7.80. The highest BCUT2D eigenvalue weighted by molar-refractivity contribution is 5.27. The third-order valence-corrected chi connectivity index (χ3v) is 10.1. The molecule has 0 heterocycles. The Kier molecular flexibility index (Phi) is 9.75. The molecule has 4 unspecified atom stereocenters. The van der Waals surface area contributed by atoms with Crippen LogP contribution >= 0.6 is 0 Å². The van der Waals surface area contributed by atoms with Crippen molar-refractivity contribution in [2.75, 3.05) is 0 Å². The Morgan fingerprint density at radius 3 is 2.09 bits per heavy atom. The molecular weight excluding hydrogens is 403 g/mol. The Morgan fingerprint density at radius 1 is 0.697 bits per heavy atom. The van der Waals surface area contributed by atoms with Gasteiger partial charge in [0.15, 0.2) is 0 Å². The van der Waals surface area contributed by atoms with Crippen molar-refractivity contribution in [3.05, 3.63) is 35.1 Å². The second-order valence-electron chi connectivity index (χ2n) is 12.2. The molecule has 3 fully saturated rings. The molecule has 0 saturated heterocycles. The molecule has 1 heteroatoms. The van der Waals surface area contributed by atoms with Gasteiger partial charge >= 0.3 is 0 Å². The zero-order valence-corrected chi connectivity index (χ0v) is 21.8. The second-order valence-corrected chi connectivity index (χ2v) is 12.2. The van der Waals surface area contributed by atoms with Crippen LogP contribution in [-0.4, -0.2) is 0 Å². The molecule has 0 amide bonds. The van der Waals surface area contributed by atoms with Crippen LogP contribution in [0, 0.1) is 35.4 Å². The van der Waals surface area contributed by atoms with Gasteiger partial charge in [0.2, 0.25) is 0 Å². The first-order chi connectivity index (χ1) is 16.2. The van der Waals surface area contributed by atoms with E-state index >= 15 is 0 Å². The summed E-state index contributed by atoms with van der Waals surface area (Å²) in [6.45, 7) is 4.36. The minimum Gasteiger partial charge on any atom is -0.207 e. The molecule has 1 aromatic carbocycles. The maximum absolute atomic E-state index is 14.3. The van der Waals surface area contributed by atoms with Crippen molar-refractivity contribution in [2.24, 2.45) is 29.6 Å². The SMILES string of the molecule is CCCCCCC1CCC(CCC2CCC3CC(c4ccc(CC)c(F)c4)CCC3C2)CC1. The lowest BCUT2D eigenvalue weighted by Crippen LogP contribution is -2.30. The van der Waals surface area contributed by atoms with E-state index in [4.69, 9.17) is 0 Å². The van der Waals surface area contributed by atoms with Gasteiger partial charge in [-0.1, -0.05) is 103 Å². The van der Waals surface area contributed by atoms with Crippen LogP contribution in [0.1, 0.15) is 140 Å². The Hall–Kier alpha value is -0.850. The highest BCUT2D eigenvalue weighted by Crippen LogP contribution is 2.49. The largest absolute Gasteiger partial charge is 0.207 e. The van der Waals surface area contributed by atoms with Gasteiger partial charge in [0.1, 0.15) is 5.82 Å². The van der Waals surface area contributed by atoms with Gasteiger partial charge in [-0.2, -0.15) is 0 Å². The Labute approximate surface area is 204 Å². The summed E-state index contributed by atoms with van der Waals surface area (Å²) in [5.74, 6) is 5.56. The van der Waals surface area contributed by atoms with E-state index in [0.29, 0.717) is 5.92 Å². The fourth-order valence-corrected chi connectivity index (χ4v) is 7.80. The number of benzene rings is 1. The van der Waals surface area contributed by atoms with Crippen molar-refractivity contribution in [1.29, 1.82) is 0 Å². The first kappa shape index (κ1) is 25.2. The third-order valence-electron chi connectivity index (χ3n) is 10.1. The molecule has 0 aliphatic heterocycles. The fraction of sp³-hybridized carbons (Fsp3) is 0.812. The zero-order chi connectivity index (χ0) is 23.0. The molecule has 0 N–H and O–H groups in total. The van der Waals surface area contributed by atoms with E-state index in [2.05, 4.69) is 13.0 Å². The van der Waals surface area contributed by atoms with Gasteiger partial charge in [0, 0.05) is 0 Å². The zero-order valence-electron chi connectivity index (χ0n) is 21.8. The van der Waals surface area contributed by atoms with Gasteiger partial charge in [-0.3, -0.25) is 0 Å². The van der Waals surface area contributed by atoms with Crippen molar-refractivity contribution in [3.63, 3.8) is 0 Å². The predicted octanol–water partition coefficient (Wildman–Crippen LogP) is 10.2. The molecule has 186 valence electrons. The van der Waals surface area contributed by atoms with Crippen LogP contribution in [0.2, 0.25) is 0 Å². The van der Waals surface area contributed by atoms with Gasteiger partial charge in [0.05, 0.1) is 0 Å². The molecule has 4 rings (SSSR count). The van der Waals surface area contributed by atoms with Crippen LogP contribution in [0.5, 0.6) is 0 Å².